The molecule has 1 N–H and O–H groups in total. The van der Waals surface area contributed by atoms with Gasteiger partial charge >= 0.3 is 6.18 Å². The number of alkyl halides is 3. The van der Waals surface area contributed by atoms with Crippen LogP contribution in [0.1, 0.15) is 31.4 Å². The first kappa shape index (κ1) is 22.1. The highest BCUT2D eigenvalue weighted by atomic mass is 19.4. The van der Waals surface area contributed by atoms with E-state index in [0.717, 1.165) is 37.3 Å². The molecule has 1 atom stereocenters. The van der Waals surface area contributed by atoms with Crippen LogP contribution in [-0.4, -0.2) is 48.0 Å². The summed E-state index contributed by atoms with van der Waals surface area (Å²) in [6.45, 7) is 6.61. The van der Waals surface area contributed by atoms with Crippen LogP contribution in [0.3, 0.4) is 0 Å². The zero-order valence-corrected chi connectivity index (χ0v) is 17.2. The maximum absolute atomic E-state index is 12.7. The van der Waals surface area contributed by atoms with E-state index in [4.69, 9.17) is 0 Å². The van der Waals surface area contributed by atoms with Gasteiger partial charge in [0.25, 0.3) is 0 Å². The summed E-state index contributed by atoms with van der Waals surface area (Å²) in [5, 5.41) is 2.96. The van der Waals surface area contributed by atoms with Gasteiger partial charge < -0.3 is 10.2 Å². The molecule has 0 aliphatic carbocycles. The van der Waals surface area contributed by atoms with Crippen LogP contribution in [0.5, 0.6) is 0 Å². The Labute approximate surface area is 174 Å². The molecule has 3 rings (SSSR count). The predicted molar refractivity (Wildman–Crippen MR) is 112 cm³/mol. The number of carbonyl (C=O) groups is 1. The molecule has 1 saturated heterocycles. The highest BCUT2D eigenvalue weighted by Gasteiger charge is 2.31. The number of nitrogens with one attached hydrogen (secondary N) is 1. The lowest BCUT2D eigenvalue weighted by atomic mass is 10.1. The van der Waals surface area contributed by atoms with Crippen LogP contribution in [0.15, 0.2) is 42.6 Å². The predicted octanol–water partition coefficient (Wildman–Crippen LogP) is 4.20. The highest BCUT2D eigenvalue weighted by Crippen LogP contribution is 2.29. The summed E-state index contributed by atoms with van der Waals surface area (Å²) in [5.41, 5.74) is 1.24. The van der Waals surface area contributed by atoms with Crippen molar-refractivity contribution >= 4 is 17.4 Å². The van der Waals surface area contributed by atoms with Crippen molar-refractivity contribution in [3.8, 4) is 0 Å². The summed E-state index contributed by atoms with van der Waals surface area (Å²) >= 11 is 0. The number of hydrogen-bond donors (Lipinski definition) is 1. The van der Waals surface area contributed by atoms with E-state index in [1.807, 2.05) is 36.1 Å². The monoisotopic (exact) mass is 420 g/mol. The van der Waals surface area contributed by atoms with Crippen LogP contribution in [0.4, 0.5) is 24.7 Å². The lowest BCUT2D eigenvalue weighted by molar-refractivity contribution is -0.137. The molecule has 2 aromatic rings. The number of aromatic nitrogens is 1. The number of rotatable bonds is 5. The quantitative estimate of drug-likeness (QED) is 0.788. The summed E-state index contributed by atoms with van der Waals surface area (Å²) in [4.78, 5) is 20.7. The van der Waals surface area contributed by atoms with Gasteiger partial charge in [0, 0.05) is 38.1 Å². The van der Waals surface area contributed by atoms with Crippen LogP contribution in [0.25, 0.3) is 0 Å². The zero-order valence-electron chi connectivity index (χ0n) is 17.2. The third kappa shape index (κ3) is 5.50. The van der Waals surface area contributed by atoms with Crippen molar-refractivity contribution in [3.63, 3.8) is 0 Å². The van der Waals surface area contributed by atoms with Gasteiger partial charge in [-0.1, -0.05) is 19.1 Å². The number of carbonyl (C=O) groups excluding carboxylic acids is 1. The second-order valence-corrected chi connectivity index (χ2v) is 7.50. The minimum Gasteiger partial charge on any atom is -0.355 e. The standard InChI is InChI=1S/C22H27F3N4O/c1-3-17-5-8-19(9-6-17)27-21(30)16(2)28-11-4-12-29(14-13-28)20-10-7-18(15-26-20)22(23,24)25/h5-10,15-16H,3-4,11-14H2,1-2H3,(H,27,30)/t16-/m0/s1. The molecule has 0 radical (unpaired) electrons. The molecule has 1 amide bonds. The molecule has 1 aliphatic heterocycles. The number of aryl methyl sites for hydroxylation is 1. The van der Waals surface area contributed by atoms with E-state index in [2.05, 4.69) is 22.1 Å². The van der Waals surface area contributed by atoms with Gasteiger partial charge in [-0.3, -0.25) is 9.69 Å². The Kier molecular flexibility index (Phi) is 6.97. The zero-order chi connectivity index (χ0) is 21.7. The summed E-state index contributed by atoms with van der Waals surface area (Å²) in [6, 6.07) is 9.98. The lowest BCUT2D eigenvalue weighted by Gasteiger charge is -2.27. The summed E-state index contributed by atoms with van der Waals surface area (Å²) in [5.74, 6) is 0.457. The second kappa shape index (κ2) is 9.47. The lowest BCUT2D eigenvalue weighted by Crippen LogP contribution is -2.44. The summed E-state index contributed by atoms with van der Waals surface area (Å²) in [7, 11) is 0. The maximum Gasteiger partial charge on any atom is 0.417 e. The molecule has 5 nitrogen and oxygen atoms in total. The first-order valence-electron chi connectivity index (χ1n) is 10.2. The molecule has 8 heteroatoms. The average molecular weight is 420 g/mol. The molecule has 162 valence electrons. The number of amides is 1. The van der Waals surface area contributed by atoms with Gasteiger partial charge in [-0.15, -0.1) is 0 Å². The fourth-order valence-electron chi connectivity index (χ4n) is 3.53. The van der Waals surface area contributed by atoms with E-state index in [0.29, 0.717) is 25.5 Å². The number of halogens is 3. The average Bonchev–Trinajstić information content (AvgIpc) is 2.99. The molecule has 0 spiro atoms. The van der Waals surface area contributed by atoms with Crippen LogP contribution < -0.4 is 10.2 Å². The van der Waals surface area contributed by atoms with Gasteiger partial charge in [-0.25, -0.2) is 4.98 Å². The van der Waals surface area contributed by atoms with E-state index in [-0.39, 0.29) is 11.9 Å². The molecule has 0 unspecified atom stereocenters. The fourth-order valence-corrected chi connectivity index (χ4v) is 3.53. The molecular weight excluding hydrogens is 393 g/mol. The van der Waals surface area contributed by atoms with E-state index in [9.17, 15) is 18.0 Å². The smallest absolute Gasteiger partial charge is 0.355 e. The molecule has 0 saturated carbocycles. The van der Waals surface area contributed by atoms with Crippen molar-refractivity contribution in [2.75, 3.05) is 36.4 Å². The summed E-state index contributed by atoms with van der Waals surface area (Å²) in [6.07, 6.45) is -1.77. The van der Waals surface area contributed by atoms with Gasteiger partial charge in [0.1, 0.15) is 5.82 Å². The number of benzene rings is 1. The van der Waals surface area contributed by atoms with Gasteiger partial charge in [0.05, 0.1) is 11.6 Å². The SMILES string of the molecule is CCc1ccc(NC(=O)[C@H](C)N2CCCN(c3ccc(C(F)(F)F)cn3)CC2)cc1. The van der Waals surface area contributed by atoms with Gasteiger partial charge in [0.15, 0.2) is 0 Å². The van der Waals surface area contributed by atoms with E-state index < -0.39 is 11.7 Å². The van der Waals surface area contributed by atoms with Crippen LogP contribution in [0.2, 0.25) is 0 Å². The number of nitrogens with zero attached hydrogens (tertiary/aromatic N) is 3. The van der Waals surface area contributed by atoms with E-state index >= 15 is 0 Å². The molecule has 1 aliphatic rings. The molecule has 30 heavy (non-hydrogen) atoms. The second-order valence-electron chi connectivity index (χ2n) is 7.50. The third-order valence-electron chi connectivity index (χ3n) is 5.49. The van der Waals surface area contributed by atoms with E-state index in [1.54, 1.807) is 0 Å². The fraction of sp³-hybridized carbons (Fsp3) is 0.455. The number of pyridine rings is 1. The first-order chi connectivity index (χ1) is 14.3. The van der Waals surface area contributed by atoms with Crippen molar-refractivity contribution in [1.29, 1.82) is 0 Å². The first-order valence-corrected chi connectivity index (χ1v) is 10.2. The Morgan fingerprint density at radius 2 is 1.83 bits per heavy atom. The Balaban J connectivity index is 1.57. The van der Waals surface area contributed by atoms with Crippen molar-refractivity contribution in [1.82, 2.24) is 9.88 Å². The molecular formula is C22H27F3N4O. The molecule has 2 heterocycles. The Morgan fingerprint density at radius 1 is 1.10 bits per heavy atom. The van der Waals surface area contributed by atoms with Gasteiger partial charge in [0.2, 0.25) is 5.91 Å². The molecule has 1 aromatic carbocycles. The Morgan fingerprint density at radius 3 is 2.43 bits per heavy atom. The van der Waals surface area contributed by atoms with Crippen LogP contribution in [-0.2, 0) is 17.4 Å². The van der Waals surface area contributed by atoms with Crippen molar-refractivity contribution in [2.24, 2.45) is 0 Å². The van der Waals surface area contributed by atoms with Gasteiger partial charge in [-0.2, -0.15) is 13.2 Å². The van der Waals surface area contributed by atoms with Crippen molar-refractivity contribution in [2.45, 2.75) is 38.9 Å². The number of anilines is 2. The van der Waals surface area contributed by atoms with Crippen LogP contribution in [0, 0.1) is 0 Å². The summed E-state index contributed by atoms with van der Waals surface area (Å²) < 4.78 is 38.2. The Hall–Kier alpha value is -2.61. The van der Waals surface area contributed by atoms with Crippen molar-refractivity contribution < 1.29 is 18.0 Å². The molecule has 1 aromatic heterocycles. The minimum atomic E-state index is -4.39. The maximum atomic E-state index is 12.7. The minimum absolute atomic E-state index is 0.0691. The van der Waals surface area contributed by atoms with Crippen LogP contribution >= 0.6 is 0 Å². The highest BCUT2D eigenvalue weighted by molar-refractivity contribution is 5.94. The largest absolute Gasteiger partial charge is 0.417 e. The molecule has 0 bridgehead atoms. The Bertz CT molecular complexity index is 837. The third-order valence-corrected chi connectivity index (χ3v) is 5.49. The van der Waals surface area contributed by atoms with E-state index in [1.165, 1.54) is 11.6 Å². The normalized spacial score (nSPS) is 16.8. The van der Waals surface area contributed by atoms with Crippen molar-refractivity contribution in [3.05, 3.63) is 53.7 Å². The van der Waals surface area contributed by atoms with Gasteiger partial charge in [-0.05, 0) is 49.6 Å². The number of hydrogen-bond acceptors (Lipinski definition) is 4. The topological polar surface area (TPSA) is 48.5 Å². The molecule has 1 fully saturated rings.